The van der Waals surface area contributed by atoms with Crippen molar-refractivity contribution in [1.29, 1.82) is 0 Å². The lowest BCUT2D eigenvalue weighted by molar-refractivity contribution is 0.164. The van der Waals surface area contributed by atoms with Crippen molar-refractivity contribution < 1.29 is 5.11 Å². The molecule has 5 nitrogen and oxygen atoms in total. The predicted octanol–water partition coefficient (Wildman–Crippen LogP) is 2.00. The summed E-state index contributed by atoms with van der Waals surface area (Å²) in [7, 11) is 1.84. The molecule has 1 aliphatic carbocycles. The van der Waals surface area contributed by atoms with Crippen LogP contribution in [0.3, 0.4) is 0 Å². The molecular formula is C14H24N4O. The van der Waals surface area contributed by atoms with Gasteiger partial charge in [-0.1, -0.05) is 20.8 Å². The van der Waals surface area contributed by atoms with E-state index < -0.39 is 0 Å². The number of aromatic nitrogens is 2. The van der Waals surface area contributed by atoms with Crippen molar-refractivity contribution in [2.45, 2.75) is 45.1 Å². The zero-order valence-corrected chi connectivity index (χ0v) is 12.2. The monoisotopic (exact) mass is 264 g/mol. The van der Waals surface area contributed by atoms with E-state index in [-0.39, 0.29) is 11.5 Å². The highest BCUT2D eigenvalue weighted by Crippen LogP contribution is 2.32. The molecule has 0 bridgehead atoms. The standard InChI is InChI=1S/C14H24N4O/c1-14(2,3)13-17-11(15-4)7-12(18-13)16-8-10(19)9-5-6-9/h7,9-10,19H,5-6,8H2,1-4H3,(H2,15,16,17,18). The van der Waals surface area contributed by atoms with Crippen molar-refractivity contribution in [1.82, 2.24) is 9.97 Å². The van der Waals surface area contributed by atoms with Crippen LogP contribution in [-0.2, 0) is 5.41 Å². The lowest BCUT2D eigenvalue weighted by Crippen LogP contribution is -2.23. The summed E-state index contributed by atoms with van der Waals surface area (Å²) in [5.41, 5.74) is -0.0988. The van der Waals surface area contributed by atoms with Gasteiger partial charge in [0.2, 0.25) is 0 Å². The summed E-state index contributed by atoms with van der Waals surface area (Å²) in [6.07, 6.45) is 2.01. The van der Waals surface area contributed by atoms with Crippen LogP contribution in [-0.4, -0.2) is 34.8 Å². The Balaban J connectivity index is 2.09. The van der Waals surface area contributed by atoms with Crippen LogP contribution in [0.25, 0.3) is 0 Å². The maximum absolute atomic E-state index is 9.88. The van der Waals surface area contributed by atoms with E-state index in [1.165, 1.54) is 0 Å². The lowest BCUT2D eigenvalue weighted by Gasteiger charge is -2.19. The third-order valence-corrected chi connectivity index (χ3v) is 3.31. The molecule has 0 spiro atoms. The quantitative estimate of drug-likeness (QED) is 0.759. The Labute approximate surface area is 114 Å². The fourth-order valence-electron chi connectivity index (χ4n) is 1.86. The van der Waals surface area contributed by atoms with Crippen molar-refractivity contribution in [3.8, 4) is 0 Å². The molecule has 1 saturated carbocycles. The molecule has 0 amide bonds. The number of hydrogen-bond acceptors (Lipinski definition) is 5. The maximum atomic E-state index is 9.88. The van der Waals surface area contributed by atoms with Gasteiger partial charge in [0.15, 0.2) is 0 Å². The maximum Gasteiger partial charge on any atom is 0.138 e. The van der Waals surface area contributed by atoms with Gasteiger partial charge in [0.1, 0.15) is 17.5 Å². The molecule has 1 unspecified atom stereocenters. The Morgan fingerprint density at radius 2 is 1.95 bits per heavy atom. The third-order valence-electron chi connectivity index (χ3n) is 3.31. The summed E-state index contributed by atoms with van der Waals surface area (Å²) in [5.74, 6) is 2.83. The van der Waals surface area contributed by atoms with E-state index in [0.717, 1.165) is 30.3 Å². The summed E-state index contributed by atoms with van der Waals surface area (Å²) in [4.78, 5) is 9.00. The van der Waals surface area contributed by atoms with Crippen molar-refractivity contribution in [2.75, 3.05) is 24.2 Å². The normalized spacial score (nSPS) is 17.1. The van der Waals surface area contributed by atoms with Crippen molar-refractivity contribution in [3.63, 3.8) is 0 Å². The first-order chi connectivity index (χ1) is 8.90. The average molecular weight is 264 g/mol. The van der Waals surface area contributed by atoms with Gasteiger partial charge in [-0.05, 0) is 18.8 Å². The highest BCUT2D eigenvalue weighted by atomic mass is 16.3. The van der Waals surface area contributed by atoms with Gasteiger partial charge < -0.3 is 15.7 Å². The van der Waals surface area contributed by atoms with Crippen LogP contribution in [0.2, 0.25) is 0 Å². The minimum Gasteiger partial charge on any atom is -0.391 e. The Kier molecular flexibility index (Phi) is 3.94. The topological polar surface area (TPSA) is 70.1 Å². The van der Waals surface area contributed by atoms with Crippen LogP contribution < -0.4 is 10.6 Å². The van der Waals surface area contributed by atoms with Crippen molar-refractivity contribution in [3.05, 3.63) is 11.9 Å². The van der Waals surface area contributed by atoms with Gasteiger partial charge in [-0.2, -0.15) is 0 Å². The molecule has 1 aromatic rings. The number of hydrogen-bond donors (Lipinski definition) is 3. The van der Waals surface area contributed by atoms with Gasteiger partial charge in [-0.3, -0.25) is 0 Å². The Hall–Kier alpha value is -1.36. The highest BCUT2D eigenvalue weighted by Gasteiger charge is 2.29. The second kappa shape index (κ2) is 5.33. The van der Waals surface area contributed by atoms with Crippen LogP contribution in [0, 0.1) is 5.92 Å². The molecule has 2 rings (SSSR count). The number of aliphatic hydroxyl groups is 1. The zero-order chi connectivity index (χ0) is 14.0. The van der Waals surface area contributed by atoms with E-state index in [9.17, 15) is 5.11 Å². The van der Waals surface area contributed by atoms with Gasteiger partial charge in [-0.15, -0.1) is 0 Å². The summed E-state index contributed by atoms with van der Waals surface area (Å²) >= 11 is 0. The molecule has 1 atom stereocenters. The minimum absolute atomic E-state index is 0.0988. The second-order valence-corrected chi connectivity index (χ2v) is 6.25. The molecule has 106 valence electrons. The van der Waals surface area contributed by atoms with Gasteiger partial charge in [0, 0.05) is 25.1 Å². The fourth-order valence-corrected chi connectivity index (χ4v) is 1.86. The Morgan fingerprint density at radius 1 is 1.32 bits per heavy atom. The van der Waals surface area contributed by atoms with Crippen LogP contribution in [0.1, 0.15) is 39.4 Å². The first-order valence-electron chi connectivity index (χ1n) is 6.89. The molecule has 1 aliphatic rings. The predicted molar refractivity (Wildman–Crippen MR) is 77.5 cm³/mol. The van der Waals surface area contributed by atoms with Crippen LogP contribution >= 0.6 is 0 Å². The molecule has 1 aromatic heterocycles. The van der Waals surface area contributed by atoms with Crippen molar-refractivity contribution >= 4 is 11.6 Å². The molecule has 19 heavy (non-hydrogen) atoms. The summed E-state index contributed by atoms with van der Waals surface area (Å²) in [5, 5.41) is 16.1. The first-order valence-corrected chi connectivity index (χ1v) is 6.89. The van der Waals surface area contributed by atoms with Gasteiger partial charge >= 0.3 is 0 Å². The SMILES string of the molecule is CNc1cc(NCC(O)C2CC2)nc(C(C)(C)C)n1. The smallest absolute Gasteiger partial charge is 0.138 e. The fraction of sp³-hybridized carbons (Fsp3) is 0.714. The summed E-state index contributed by atoms with van der Waals surface area (Å²) < 4.78 is 0. The highest BCUT2D eigenvalue weighted by molar-refractivity contribution is 5.47. The van der Waals surface area contributed by atoms with Gasteiger partial charge in [0.05, 0.1) is 6.10 Å². The van der Waals surface area contributed by atoms with E-state index in [4.69, 9.17) is 0 Å². The minimum atomic E-state index is -0.272. The largest absolute Gasteiger partial charge is 0.391 e. The Bertz CT molecular complexity index is 438. The first kappa shape index (κ1) is 14.1. The lowest BCUT2D eigenvalue weighted by atomic mass is 9.96. The molecule has 5 heteroatoms. The van der Waals surface area contributed by atoms with Gasteiger partial charge in [0.25, 0.3) is 0 Å². The molecule has 0 radical (unpaired) electrons. The molecule has 0 aromatic carbocycles. The number of nitrogens with one attached hydrogen (secondary N) is 2. The van der Waals surface area contributed by atoms with E-state index in [0.29, 0.717) is 12.5 Å². The van der Waals surface area contributed by atoms with E-state index in [2.05, 4.69) is 41.4 Å². The number of anilines is 2. The second-order valence-electron chi connectivity index (χ2n) is 6.25. The summed E-state index contributed by atoms with van der Waals surface area (Å²) in [6.45, 7) is 6.81. The van der Waals surface area contributed by atoms with E-state index >= 15 is 0 Å². The van der Waals surface area contributed by atoms with E-state index in [1.54, 1.807) is 0 Å². The molecule has 0 aliphatic heterocycles. The number of aliphatic hydroxyl groups excluding tert-OH is 1. The van der Waals surface area contributed by atoms with Gasteiger partial charge in [-0.25, -0.2) is 9.97 Å². The number of nitrogens with zero attached hydrogens (tertiary/aromatic N) is 2. The average Bonchev–Trinajstić information content (AvgIpc) is 3.18. The van der Waals surface area contributed by atoms with Crippen LogP contribution in [0.5, 0.6) is 0 Å². The van der Waals surface area contributed by atoms with Crippen LogP contribution in [0.4, 0.5) is 11.6 Å². The van der Waals surface area contributed by atoms with Crippen LogP contribution in [0.15, 0.2) is 6.07 Å². The Morgan fingerprint density at radius 3 is 2.47 bits per heavy atom. The molecule has 3 N–H and O–H groups in total. The van der Waals surface area contributed by atoms with E-state index in [1.807, 2.05) is 13.1 Å². The molecular weight excluding hydrogens is 240 g/mol. The third kappa shape index (κ3) is 3.80. The molecule has 0 saturated heterocycles. The van der Waals surface area contributed by atoms with Crippen molar-refractivity contribution in [2.24, 2.45) is 5.92 Å². The molecule has 1 heterocycles. The molecule has 1 fully saturated rings. The summed E-state index contributed by atoms with van der Waals surface area (Å²) in [6, 6.07) is 1.87. The zero-order valence-electron chi connectivity index (χ0n) is 12.2. The number of rotatable bonds is 5.